The highest BCUT2D eigenvalue weighted by molar-refractivity contribution is 7.80. The second-order valence-electron chi connectivity index (χ2n) is 4.22. The molecule has 2 rings (SSSR count). The summed E-state index contributed by atoms with van der Waals surface area (Å²) < 4.78 is 10.8. The van der Waals surface area contributed by atoms with E-state index in [0.717, 1.165) is 18.8 Å². The maximum atomic E-state index is 5.59. The van der Waals surface area contributed by atoms with E-state index in [1.54, 1.807) is 20.4 Å². The number of aromatic nitrogens is 1. The van der Waals surface area contributed by atoms with Crippen molar-refractivity contribution in [2.24, 2.45) is 5.73 Å². The molecule has 0 radical (unpaired) electrons. The average Bonchev–Trinajstić information content (AvgIpc) is 2.82. The number of rotatable bonds is 4. The van der Waals surface area contributed by atoms with Crippen molar-refractivity contribution in [3.63, 3.8) is 0 Å². The molecule has 1 aliphatic rings. The SMILES string of the molecule is COC1CN(c2ccnc(C(N)=S)c2)CC1OC. The molecule has 1 aliphatic heterocycles. The number of nitrogens with zero attached hydrogens (tertiary/aromatic N) is 2. The lowest BCUT2D eigenvalue weighted by Crippen LogP contribution is -2.27. The molecular weight excluding hydrogens is 250 g/mol. The molecule has 6 heteroatoms. The second-order valence-corrected chi connectivity index (χ2v) is 4.66. The first-order chi connectivity index (χ1) is 8.65. The summed E-state index contributed by atoms with van der Waals surface area (Å²) in [7, 11) is 3.40. The number of methoxy groups -OCH3 is 2. The van der Waals surface area contributed by atoms with Gasteiger partial charge in [0, 0.05) is 39.2 Å². The summed E-state index contributed by atoms with van der Waals surface area (Å²) in [5, 5.41) is 0. The summed E-state index contributed by atoms with van der Waals surface area (Å²) in [4.78, 5) is 6.63. The monoisotopic (exact) mass is 267 g/mol. The van der Waals surface area contributed by atoms with Gasteiger partial charge in [0.1, 0.15) is 17.2 Å². The van der Waals surface area contributed by atoms with Crippen molar-refractivity contribution in [2.75, 3.05) is 32.2 Å². The normalized spacial score (nSPS) is 23.3. The lowest BCUT2D eigenvalue weighted by atomic mass is 10.3. The highest BCUT2D eigenvalue weighted by Crippen LogP contribution is 2.23. The summed E-state index contributed by atoms with van der Waals surface area (Å²) in [5.41, 5.74) is 7.26. The molecule has 0 spiro atoms. The van der Waals surface area contributed by atoms with E-state index >= 15 is 0 Å². The van der Waals surface area contributed by atoms with Gasteiger partial charge >= 0.3 is 0 Å². The van der Waals surface area contributed by atoms with Gasteiger partial charge in [-0.3, -0.25) is 4.98 Å². The van der Waals surface area contributed by atoms with Gasteiger partial charge in [-0.2, -0.15) is 0 Å². The molecule has 2 atom stereocenters. The van der Waals surface area contributed by atoms with Crippen LogP contribution in [0, 0.1) is 0 Å². The second kappa shape index (κ2) is 5.60. The Morgan fingerprint density at radius 1 is 1.39 bits per heavy atom. The van der Waals surface area contributed by atoms with Crippen LogP contribution in [-0.4, -0.2) is 49.5 Å². The van der Waals surface area contributed by atoms with Crippen molar-refractivity contribution in [2.45, 2.75) is 12.2 Å². The molecule has 2 heterocycles. The number of nitrogens with two attached hydrogens (primary N) is 1. The molecule has 0 aromatic carbocycles. The highest BCUT2D eigenvalue weighted by atomic mass is 32.1. The van der Waals surface area contributed by atoms with Gasteiger partial charge in [-0.05, 0) is 12.1 Å². The van der Waals surface area contributed by atoms with E-state index in [-0.39, 0.29) is 12.2 Å². The van der Waals surface area contributed by atoms with Crippen LogP contribution >= 0.6 is 12.2 Å². The van der Waals surface area contributed by atoms with Crippen molar-refractivity contribution in [3.8, 4) is 0 Å². The van der Waals surface area contributed by atoms with Crippen LogP contribution in [0.3, 0.4) is 0 Å². The summed E-state index contributed by atoms with van der Waals surface area (Å²) in [6.07, 6.45) is 1.87. The zero-order chi connectivity index (χ0) is 13.1. The van der Waals surface area contributed by atoms with Gasteiger partial charge in [-0.25, -0.2) is 0 Å². The predicted octanol–water partition coefficient (Wildman–Crippen LogP) is 0.566. The van der Waals surface area contributed by atoms with Gasteiger partial charge < -0.3 is 20.1 Å². The molecule has 0 saturated carbocycles. The Bertz CT molecular complexity index is 429. The van der Waals surface area contributed by atoms with E-state index in [2.05, 4.69) is 9.88 Å². The lowest BCUT2D eigenvalue weighted by Gasteiger charge is -2.18. The van der Waals surface area contributed by atoms with Crippen LogP contribution in [0.1, 0.15) is 5.69 Å². The van der Waals surface area contributed by atoms with Crippen LogP contribution in [-0.2, 0) is 9.47 Å². The zero-order valence-corrected chi connectivity index (χ0v) is 11.3. The minimum atomic E-state index is 0.0800. The molecule has 1 aromatic heterocycles. The Labute approximate surface area is 112 Å². The average molecular weight is 267 g/mol. The Kier molecular flexibility index (Phi) is 4.11. The zero-order valence-electron chi connectivity index (χ0n) is 10.5. The van der Waals surface area contributed by atoms with Gasteiger partial charge in [-0.15, -0.1) is 0 Å². The topological polar surface area (TPSA) is 60.6 Å². The maximum absolute atomic E-state index is 5.59. The van der Waals surface area contributed by atoms with Gasteiger partial charge in [0.05, 0.1) is 5.69 Å². The largest absolute Gasteiger partial charge is 0.388 e. The van der Waals surface area contributed by atoms with Gasteiger partial charge in [0.2, 0.25) is 0 Å². The third kappa shape index (κ3) is 2.60. The van der Waals surface area contributed by atoms with Crippen LogP contribution in [0.15, 0.2) is 18.3 Å². The fraction of sp³-hybridized carbons (Fsp3) is 0.500. The van der Waals surface area contributed by atoms with Crippen LogP contribution < -0.4 is 10.6 Å². The summed E-state index contributed by atoms with van der Waals surface area (Å²) in [5.74, 6) is 0. The quantitative estimate of drug-likeness (QED) is 0.805. The van der Waals surface area contributed by atoms with Crippen LogP contribution in [0.4, 0.5) is 5.69 Å². The first-order valence-corrected chi connectivity index (χ1v) is 6.13. The Balaban J connectivity index is 2.18. The number of hydrogen-bond acceptors (Lipinski definition) is 5. The van der Waals surface area contributed by atoms with E-state index in [1.807, 2.05) is 12.1 Å². The minimum Gasteiger partial charge on any atom is -0.388 e. The van der Waals surface area contributed by atoms with Crippen molar-refractivity contribution >= 4 is 22.9 Å². The maximum Gasteiger partial charge on any atom is 0.122 e. The third-order valence-corrected chi connectivity index (χ3v) is 3.39. The van der Waals surface area contributed by atoms with Crippen LogP contribution in [0.5, 0.6) is 0 Å². The van der Waals surface area contributed by atoms with E-state index in [0.29, 0.717) is 10.7 Å². The molecule has 2 N–H and O–H groups in total. The molecular formula is C12H17N3O2S. The molecule has 1 aromatic rings. The first kappa shape index (κ1) is 13.2. The minimum absolute atomic E-state index is 0.0800. The van der Waals surface area contributed by atoms with Crippen molar-refractivity contribution in [1.82, 2.24) is 4.98 Å². The number of anilines is 1. The first-order valence-electron chi connectivity index (χ1n) is 5.72. The number of ether oxygens (including phenoxy) is 2. The van der Waals surface area contributed by atoms with Crippen molar-refractivity contribution < 1.29 is 9.47 Å². The number of hydrogen-bond donors (Lipinski definition) is 1. The number of pyridine rings is 1. The molecule has 0 amide bonds. The lowest BCUT2D eigenvalue weighted by molar-refractivity contribution is -0.00461. The van der Waals surface area contributed by atoms with Crippen molar-refractivity contribution in [1.29, 1.82) is 0 Å². The van der Waals surface area contributed by atoms with E-state index in [4.69, 9.17) is 27.4 Å². The third-order valence-electron chi connectivity index (χ3n) is 3.18. The molecule has 1 fully saturated rings. The van der Waals surface area contributed by atoms with Crippen molar-refractivity contribution in [3.05, 3.63) is 24.0 Å². The summed E-state index contributed by atoms with van der Waals surface area (Å²) >= 11 is 4.94. The Morgan fingerprint density at radius 2 is 2.00 bits per heavy atom. The molecule has 18 heavy (non-hydrogen) atoms. The smallest absolute Gasteiger partial charge is 0.122 e. The van der Waals surface area contributed by atoms with Gasteiger partial charge in [0.25, 0.3) is 0 Å². The summed E-state index contributed by atoms with van der Waals surface area (Å²) in [6, 6.07) is 3.83. The standard InChI is InChI=1S/C12H17N3O2S/c1-16-10-6-15(7-11(10)17-2)8-3-4-14-9(5-8)12(13)18/h3-5,10-11H,6-7H2,1-2H3,(H2,13,18). The van der Waals surface area contributed by atoms with E-state index in [9.17, 15) is 0 Å². The Hall–Kier alpha value is -1.24. The molecule has 0 bridgehead atoms. The Morgan fingerprint density at radius 3 is 2.50 bits per heavy atom. The van der Waals surface area contributed by atoms with E-state index in [1.165, 1.54) is 0 Å². The predicted molar refractivity (Wildman–Crippen MR) is 73.9 cm³/mol. The molecule has 0 aliphatic carbocycles. The van der Waals surface area contributed by atoms with Crippen LogP contribution in [0.25, 0.3) is 0 Å². The fourth-order valence-electron chi connectivity index (χ4n) is 2.16. The van der Waals surface area contributed by atoms with Gasteiger partial charge in [-0.1, -0.05) is 12.2 Å². The highest BCUT2D eigenvalue weighted by Gasteiger charge is 2.33. The van der Waals surface area contributed by atoms with Gasteiger partial charge in [0.15, 0.2) is 0 Å². The molecule has 98 valence electrons. The van der Waals surface area contributed by atoms with E-state index < -0.39 is 0 Å². The molecule has 5 nitrogen and oxygen atoms in total. The van der Waals surface area contributed by atoms with Crippen LogP contribution in [0.2, 0.25) is 0 Å². The fourth-order valence-corrected chi connectivity index (χ4v) is 2.27. The molecule has 2 unspecified atom stereocenters. The number of thiocarbonyl (C=S) groups is 1. The summed E-state index contributed by atoms with van der Waals surface area (Å²) in [6.45, 7) is 1.57. The molecule has 1 saturated heterocycles.